The second-order valence-corrected chi connectivity index (χ2v) is 10.4. The number of methoxy groups -OCH3 is 1. The summed E-state index contributed by atoms with van der Waals surface area (Å²) in [5, 5.41) is 2.47. The SMILES string of the molecule is COc1ccc(S(=O)(=O)N2CCCC2)cc1NC(=O)C(C)Sc1ccc(C)cc1. The first-order valence-electron chi connectivity index (χ1n) is 9.53. The smallest absolute Gasteiger partial charge is 0.243 e. The molecule has 0 aromatic heterocycles. The van der Waals surface area contributed by atoms with Gasteiger partial charge >= 0.3 is 0 Å². The van der Waals surface area contributed by atoms with Gasteiger partial charge in [-0.1, -0.05) is 17.7 Å². The number of rotatable bonds is 7. The summed E-state index contributed by atoms with van der Waals surface area (Å²) in [5.74, 6) is 0.204. The van der Waals surface area contributed by atoms with Crippen molar-refractivity contribution in [1.29, 1.82) is 0 Å². The summed E-state index contributed by atoms with van der Waals surface area (Å²) >= 11 is 1.44. The summed E-state index contributed by atoms with van der Waals surface area (Å²) in [6, 6.07) is 12.5. The molecule has 0 spiro atoms. The lowest BCUT2D eigenvalue weighted by atomic mass is 10.2. The van der Waals surface area contributed by atoms with Crippen molar-refractivity contribution in [1.82, 2.24) is 4.31 Å². The van der Waals surface area contributed by atoms with E-state index in [4.69, 9.17) is 4.74 Å². The Labute approximate surface area is 176 Å². The van der Waals surface area contributed by atoms with Crippen molar-refractivity contribution < 1.29 is 17.9 Å². The zero-order valence-electron chi connectivity index (χ0n) is 16.8. The van der Waals surface area contributed by atoms with Gasteiger partial charge in [-0.25, -0.2) is 8.42 Å². The van der Waals surface area contributed by atoms with Crippen molar-refractivity contribution in [2.75, 3.05) is 25.5 Å². The van der Waals surface area contributed by atoms with E-state index in [-0.39, 0.29) is 16.1 Å². The van der Waals surface area contributed by atoms with Crippen LogP contribution in [0.3, 0.4) is 0 Å². The molecule has 0 radical (unpaired) electrons. The molecule has 6 nitrogen and oxygen atoms in total. The average Bonchev–Trinajstić information content (AvgIpc) is 3.25. The van der Waals surface area contributed by atoms with E-state index in [1.165, 1.54) is 35.3 Å². The fourth-order valence-electron chi connectivity index (χ4n) is 3.13. The summed E-state index contributed by atoms with van der Waals surface area (Å²) < 4.78 is 32.5. The standard InChI is InChI=1S/C21H26N2O4S2/c1-15-6-8-17(9-7-15)28-16(2)21(24)22-19-14-18(10-11-20(19)27-3)29(25,26)23-12-4-5-13-23/h6-11,14,16H,4-5,12-13H2,1-3H3,(H,22,24). The van der Waals surface area contributed by atoms with Crippen molar-refractivity contribution in [2.24, 2.45) is 0 Å². The number of thioether (sulfide) groups is 1. The van der Waals surface area contributed by atoms with E-state index < -0.39 is 10.0 Å². The molecular formula is C21H26N2O4S2. The molecule has 1 heterocycles. The molecule has 1 amide bonds. The van der Waals surface area contributed by atoms with Crippen molar-refractivity contribution in [2.45, 2.75) is 41.7 Å². The Morgan fingerprint density at radius 3 is 2.41 bits per heavy atom. The van der Waals surface area contributed by atoms with Crippen LogP contribution in [0.15, 0.2) is 52.3 Å². The van der Waals surface area contributed by atoms with E-state index in [1.54, 1.807) is 6.07 Å². The lowest BCUT2D eigenvalue weighted by Gasteiger charge is -2.18. The fraction of sp³-hybridized carbons (Fsp3) is 0.381. The molecule has 156 valence electrons. The Bertz CT molecular complexity index is 969. The maximum atomic E-state index is 12.8. The number of ether oxygens (including phenoxy) is 1. The van der Waals surface area contributed by atoms with Crippen molar-refractivity contribution >= 4 is 33.4 Å². The summed E-state index contributed by atoms with van der Waals surface area (Å²) in [5.41, 5.74) is 1.52. The molecule has 1 atom stereocenters. The third-order valence-electron chi connectivity index (χ3n) is 4.83. The van der Waals surface area contributed by atoms with Gasteiger partial charge in [-0.15, -0.1) is 11.8 Å². The number of sulfonamides is 1. The summed E-state index contributed by atoms with van der Waals surface area (Å²) in [6.45, 7) is 4.89. The van der Waals surface area contributed by atoms with Gasteiger partial charge in [-0.05, 0) is 57.0 Å². The molecule has 0 saturated carbocycles. The molecule has 1 unspecified atom stereocenters. The van der Waals surface area contributed by atoms with E-state index in [0.717, 1.165) is 23.3 Å². The molecule has 1 aliphatic rings. The van der Waals surface area contributed by atoms with Crippen LogP contribution in [0.1, 0.15) is 25.3 Å². The van der Waals surface area contributed by atoms with Crippen LogP contribution in [0.2, 0.25) is 0 Å². The molecule has 0 bridgehead atoms. The van der Waals surface area contributed by atoms with Gasteiger partial charge in [-0.3, -0.25) is 4.79 Å². The fourth-order valence-corrected chi connectivity index (χ4v) is 5.54. The molecule has 0 aliphatic carbocycles. The Kier molecular flexibility index (Phi) is 6.87. The van der Waals surface area contributed by atoms with Gasteiger partial charge in [-0.2, -0.15) is 4.31 Å². The van der Waals surface area contributed by atoms with Crippen molar-refractivity contribution in [3.8, 4) is 5.75 Å². The third-order valence-corrected chi connectivity index (χ3v) is 7.84. The second-order valence-electron chi connectivity index (χ2n) is 7.04. The van der Waals surface area contributed by atoms with Crippen LogP contribution in [-0.4, -0.2) is 44.1 Å². The van der Waals surface area contributed by atoms with E-state index >= 15 is 0 Å². The lowest BCUT2D eigenvalue weighted by molar-refractivity contribution is -0.115. The van der Waals surface area contributed by atoms with Gasteiger partial charge in [0, 0.05) is 18.0 Å². The minimum Gasteiger partial charge on any atom is -0.495 e. The Morgan fingerprint density at radius 1 is 1.14 bits per heavy atom. The molecule has 2 aromatic rings. The number of carbonyl (C=O) groups is 1. The first-order chi connectivity index (χ1) is 13.8. The Morgan fingerprint density at radius 2 is 1.79 bits per heavy atom. The van der Waals surface area contributed by atoms with Crippen molar-refractivity contribution in [3.63, 3.8) is 0 Å². The summed E-state index contributed by atoms with van der Waals surface area (Å²) in [6.07, 6.45) is 1.74. The van der Waals surface area contributed by atoms with Gasteiger partial charge < -0.3 is 10.1 Å². The van der Waals surface area contributed by atoms with Crippen LogP contribution < -0.4 is 10.1 Å². The molecule has 2 aromatic carbocycles. The van der Waals surface area contributed by atoms with Crippen molar-refractivity contribution in [3.05, 3.63) is 48.0 Å². The number of hydrogen-bond donors (Lipinski definition) is 1. The number of nitrogens with one attached hydrogen (secondary N) is 1. The van der Waals surface area contributed by atoms with Crippen LogP contribution in [0, 0.1) is 6.92 Å². The third kappa shape index (κ3) is 5.12. The highest BCUT2D eigenvalue weighted by molar-refractivity contribution is 8.00. The predicted molar refractivity (Wildman–Crippen MR) is 116 cm³/mol. The van der Waals surface area contributed by atoms with Crippen LogP contribution in [0.5, 0.6) is 5.75 Å². The first kappa shape index (κ1) is 21.7. The zero-order chi connectivity index (χ0) is 21.0. The highest BCUT2D eigenvalue weighted by Gasteiger charge is 2.28. The molecule has 3 rings (SSSR count). The number of aryl methyl sites for hydroxylation is 1. The topological polar surface area (TPSA) is 75.7 Å². The quantitative estimate of drug-likeness (QED) is 0.669. The number of amides is 1. The van der Waals surface area contributed by atoms with E-state index in [1.807, 2.05) is 38.1 Å². The minimum atomic E-state index is -3.57. The van der Waals surface area contributed by atoms with Gasteiger partial charge in [0.1, 0.15) is 5.75 Å². The number of benzene rings is 2. The summed E-state index contributed by atoms with van der Waals surface area (Å²) in [4.78, 5) is 13.9. The molecule has 1 saturated heterocycles. The van der Waals surface area contributed by atoms with E-state index in [2.05, 4.69) is 5.32 Å². The average molecular weight is 435 g/mol. The van der Waals surface area contributed by atoms with Gasteiger partial charge in [0.05, 0.1) is 22.9 Å². The van der Waals surface area contributed by atoms with Crippen LogP contribution in [0.4, 0.5) is 5.69 Å². The molecule has 29 heavy (non-hydrogen) atoms. The highest BCUT2D eigenvalue weighted by Crippen LogP contribution is 2.31. The maximum absolute atomic E-state index is 12.8. The molecule has 1 aliphatic heterocycles. The number of hydrogen-bond acceptors (Lipinski definition) is 5. The van der Waals surface area contributed by atoms with Gasteiger partial charge in [0.15, 0.2) is 0 Å². The minimum absolute atomic E-state index is 0.161. The van der Waals surface area contributed by atoms with Crippen LogP contribution >= 0.6 is 11.8 Å². The van der Waals surface area contributed by atoms with Crippen LogP contribution in [0.25, 0.3) is 0 Å². The van der Waals surface area contributed by atoms with Gasteiger partial charge in [0.2, 0.25) is 15.9 Å². The first-order valence-corrected chi connectivity index (χ1v) is 11.9. The molecule has 8 heteroatoms. The highest BCUT2D eigenvalue weighted by atomic mass is 32.2. The monoisotopic (exact) mass is 434 g/mol. The second kappa shape index (κ2) is 9.19. The van der Waals surface area contributed by atoms with E-state index in [0.29, 0.717) is 24.5 Å². The van der Waals surface area contributed by atoms with E-state index in [9.17, 15) is 13.2 Å². The maximum Gasteiger partial charge on any atom is 0.243 e. The molecular weight excluding hydrogens is 408 g/mol. The lowest BCUT2D eigenvalue weighted by Crippen LogP contribution is -2.28. The van der Waals surface area contributed by atoms with Crippen LogP contribution in [-0.2, 0) is 14.8 Å². The normalized spacial score (nSPS) is 15.8. The largest absolute Gasteiger partial charge is 0.495 e. The summed E-state index contributed by atoms with van der Waals surface area (Å²) in [7, 11) is -2.08. The number of nitrogens with zero attached hydrogens (tertiary/aromatic N) is 1. The number of anilines is 1. The molecule has 1 N–H and O–H groups in total. The predicted octanol–water partition coefficient (Wildman–Crippen LogP) is 3.91. The molecule has 1 fully saturated rings. The van der Waals surface area contributed by atoms with Gasteiger partial charge in [0.25, 0.3) is 0 Å². The Hall–Kier alpha value is -2.03. The number of carbonyl (C=O) groups excluding carboxylic acids is 1. The Balaban J connectivity index is 1.78. The zero-order valence-corrected chi connectivity index (χ0v) is 18.5.